The predicted molar refractivity (Wildman–Crippen MR) is 82.7 cm³/mol. The zero-order valence-electron chi connectivity index (χ0n) is 13.2. The molecule has 5 amide bonds. The molecule has 0 bridgehead atoms. The summed E-state index contributed by atoms with van der Waals surface area (Å²) < 4.78 is 0. The Morgan fingerprint density at radius 2 is 1.69 bits per heavy atom. The maximum atomic E-state index is 12.4. The van der Waals surface area contributed by atoms with Crippen LogP contribution >= 0.6 is 0 Å². The van der Waals surface area contributed by atoms with E-state index >= 15 is 0 Å². The van der Waals surface area contributed by atoms with Crippen molar-refractivity contribution in [3.05, 3.63) is 35.4 Å². The number of aliphatic carboxylic acids is 1. The van der Waals surface area contributed by atoms with Gasteiger partial charge in [-0.05, 0) is 18.6 Å². The van der Waals surface area contributed by atoms with Gasteiger partial charge in [-0.15, -0.1) is 0 Å². The zero-order valence-corrected chi connectivity index (χ0v) is 13.2. The van der Waals surface area contributed by atoms with Crippen LogP contribution in [0, 0.1) is 0 Å². The van der Waals surface area contributed by atoms with E-state index in [4.69, 9.17) is 0 Å². The van der Waals surface area contributed by atoms with E-state index in [1.807, 2.05) is 5.32 Å². The van der Waals surface area contributed by atoms with E-state index in [9.17, 15) is 33.9 Å². The van der Waals surface area contributed by atoms with Gasteiger partial charge < -0.3 is 10.4 Å². The van der Waals surface area contributed by atoms with Crippen LogP contribution in [0.4, 0.5) is 0 Å². The van der Waals surface area contributed by atoms with Crippen molar-refractivity contribution in [1.29, 1.82) is 0 Å². The predicted octanol–water partition coefficient (Wildman–Crippen LogP) is -1.34. The molecule has 134 valence electrons. The first-order valence-corrected chi connectivity index (χ1v) is 7.65. The van der Waals surface area contributed by atoms with Crippen LogP contribution < -0.4 is 10.6 Å². The summed E-state index contributed by atoms with van der Waals surface area (Å²) in [5.41, 5.74) is -0.00453. The molecular weight excluding hydrogens is 346 g/mol. The Bertz CT molecular complexity index is 828. The molecule has 0 aromatic heterocycles. The standard InChI is InChI=1S/C16H13N3O7/c20-10-6-5-9(12(21)18-10)17-13(22)11(16(25)26)19-14(23)7-3-1-2-4-8(7)15(19)24/h1-4,9,11H,5-6H2,(H,17,22)(H,25,26)(H,18,20,21). The summed E-state index contributed by atoms with van der Waals surface area (Å²) in [5, 5.41) is 13.6. The number of fused-ring (bicyclic) bond motifs is 1. The van der Waals surface area contributed by atoms with Crippen LogP contribution in [0.25, 0.3) is 0 Å². The smallest absolute Gasteiger partial charge is 0.336 e. The lowest BCUT2D eigenvalue weighted by atomic mass is 10.1. The Kier molecular flexibility index (Phi) is 4.24. The number of nitrogens with one attached hydrogen (secondary N) is 2. The highest BCUT2D eigenvalue weighted by atomic mass is 16.4. The minimum absolute atomic E-state index is 0.00226. The Balaban J connectivity index is 1.84. The lowest BCUT2D eigenvalue weighted by Crippen LogP contribution is -2.59. The number of piperidine rings is 1. The van der Waals surface area contributed by atoms with Gasteiger partial charge >= 0.3 is 5.97 Å². The largest absolute Gasteiger partial charge is 0.479 e. The molecule has 2 heterocycles. The summed E-state index contributed by atoms with van der Waals surface area (Å²) in [4.78, 5) is 72.0. The number of nitrogens with zero attached hydrogens (tertiary/aromatic N) is 1. The molecule has 2 atom stereocenters. The van der Waals surface area contributed by atoms with Crippen molar-refractivity contribution in [1.82, 2.24) is 15.5 Å². The van der Waals surface area contributed by atoms with Crippen LogP contribution in [0.3, 0.4) is 0 Å². The van der Waals surface area contributed by atoms with Gasteiger partial charge in [0, 0.05) is 6.42 Å². The van der Waals surface area contributed by atoms with Crippen LogP contribution in [0.1, 0.15) is 33.6 Å². The first-order chi connectivity index (χ1) is 12.3. The van der Waals surface area contributed by atoms with Gasteiger partial charge in [0.2, 0.25) is 17.9 Å². The highest BCUT2D eigenvalue weighted by Gasteiger charge is 2.47. The van der Waals surface area contributed by atoms with Gasteiger partial charge in [-0.25, -0.2) is 4.79 Å². The van der Waals surface area contributed by atoms with E-state index in [1.54, 1.807) is 0 Å². The fourth-order valence-corrected chi connectivity index (χ4v) is 2.86. The fourth-order valence-electron chi connectivity index (χ4n) is 2.86. The highest BCUT2D eigenvalue weighted by Crippen LogP contribution is 2.25. The van der Waals surface area contributed by atoms with Crippen molar-refractivity contribution in [3.8, 4) is 0 Å². The van der Waals surface area contributed by atoms with Gasteiger partial charge in [0.05, 0.1) is 11.1 Å². The number of hydrogen-bond acceptors (Lipinski definition) is 6. The molecule has 3 rings (SSSR count). The third kappa shape index (κ3) is 2.81. The summed E-state index contributed by atoms with van der Waals surface area (Å²) in [5.74, 6) is -6.00. The number of rotatable bonds is 4. The minimum atomic E-state index is -2.13. The van der Waals surface area contributed by atoms with E-state index in [0.717, 1.165) is 0 Å². The highest BCUT2D eigenvalue weighted by molar-refractivity contribution is 6.25. The van der Waals surface area contributed by atoms with Gasteiger partial charge in [-0.1, -0.05) is 12.1 Å². The summed E-state index contributed by atoms with van der Waals surface area (Å²) in [6, 6.07) is 2.46. The van der Waals surface area contributed by atoms with Crippen molar-refractivity contribution >= 4 is 35.5 Å². The lowest BCUT2D eigenvalue weighted by molar-refractivity contribution is -0.148. The molecule has 10 nitrogen and oxygen atoms in total. The summed E-state index contributed by atoms with van der Waals surface area (Å²) in [6.07, 6.45) is -0.0354. The zero-order chi connectivity index (χ0) is 19.0. The number of amides is 5. The Labute approximate surface area is 146 Å². The van der Waals surface area contributed by atoms with Gasteiger partial charge in [-0.2, -0.15) is 0 Å². The molecule has 1 aromatic carbocycles. The summed E-state index contributed by atoms with van der Waals surface area (Å²) in [7, 11) is 0. The molecule has 3 N–H and O–H groups in total. The molecule has 1 aromatic rings. The van der Waals surface area contributed by atoms with Gasteiger partial charge in [0.15, 0.2) is 0 Å². The average Bonchev–Trinajstić information content (AvgIpc) is 2.83. The molecule has 1 fully saturated rings. The van der Waals surface area contributed by atoms with E-state index in [1.165, 1.54) is 24.3 Å². The monoisotopic (exact) mass is 359 g/mol. The van der Waals surface area contributed by atoms with E-state index in [-0.39, 0.29) is 24.0 Å². The molecule has 0 saturated carbocycles. The number of carboxylic acids is 1. The number of imide groups is 2. The molecule has 0 spiro atoms. The molecule has 0 aliphatic carbocycles. The molecule has 2 aliphatic heterocycles. The van der Waals surface area contributed by atoms with Crippen molar-refractivity contribution in [2.45, 2.75) is 24.9 Å². The van der Waals surface area contributed by atoms with E-state index in [2.05, 4.69) is 5.32 Å². The topological polar surface area (TPSA) is 150 Å². The molecule has 2 unspecified atom stereocenters. The Morgan fingerprint density at radius 1 is 1.12 bits per heavy atom. The number of carbonyl (C=O) groups excluding carboxylic acids is 5. The van der Waals surface area contributed by atoms with Crippen LogP contribution in [-0.2, 0) is 19.2 Å². The molecule has 10 heteroatoms. The van der Waals surface area contributed by atoms with Crippen LogP contribution in [0.2, 0.25) is 0 Å². The number of carboxylic acid groups (broad SMARTS) is 1. The molecule has 26 heavy (non-hydrogen) atoms. The van der Waals surface area contributed by atoms with Gasteiger partial charge in [0.1, 0.15) is 6.04 Å². The molecular formula is C16H13N3O7. The third-order valence-corrected chi connectivity index (χ3v) is 4.12. The first kappa shape index (κ1) is 17.3. The van der Waals surface area contributed by atoms with Crippen molar-refractivity contribution in [3.63, 3.8) is 0 Å². The second kappa shape index (κ2) is 6.39. The van der Waals surface area contributed by atoms with Crippen molar-refractivity contribution in [2.24, 2.45) is 0 Å². The molecule has 1 saturated heterocycles. The van der Waals surface area contributed by atoms with Crippen LogP contribution in [0.15, 0.2) is 24.3 Å². The number of hydrogen-bond donors (Lipinski definition) is 3. The first-order valence-electron chi connectivity index (χ1n) is 7.65. The molecule has 2 aliphatic rings. The third-order valence-electron chi connectivity index (χ3n) is 4.12. The minimum Gasteiger partial charge on any atom is -0.479 e. The lowest BCUT2D eigenvalue weighted by Gasteiger charge is -2.26. The Morgan fingerprint density at radius 3 is 2.19 bits per heavy atom. The summed E-state index contributed by atoms with van der Waals surface area (Å²) in [6.45, 7) is 0. The quantitative estimate of drug-likeness (QED) is 0.444. The van der Waals surface area contributed by atoms with E-state index < -0.39 is 47.6 Å². The number of benzene rings is 1. The number of carbonyl (C=O) groups is 6. The maximum Gasteiger partial charge on any atom is 0.336 e. The van der Waals surface area contributed by atoms with Gasteiger partial charge in [-0.3, -0.25) is 34.2 Å². The molecule has 0 radical (unpaired) electrons. The SMILES string of the molecule is O=C1CCC(NC(=O)C(C(=O)O)N2C(=O)c3ccccc3C2=O)C(=O)N1. The average molecular weight is 359 g/mol. The van der Waals surface area contributed by atoms with Crippen LogP contribution in [0.5, 0.6) is 0 Å². The fraction of sp³-hybridized carbons (Fsp3) is 0.250. The maximum absolute atomic E-state index is 12.4. The normalized spacial score (nSPS) is 20.5. The second-order valence-corrected chi connectivity index (χ2v) is 5.78. The van der Waals surface area contributed by atoms with E-state index in [0.29, 0.717) is 4.90 Å². The van der Waals surface area contributed by atoms with Crippen LogP contribution in [-0.4, -0.2) is 57.6 Å². The summed E-state index contributed by atoms with van der Waals surface area (Å²) >= 11 is 0. The van der Waals surface area contributed by atoms with Gasteiger partial charge in [0.25, 0.3) is 17.7 Å². The second-order valence-electron chi connectivity index (χ2n) is 5.78. The van der Waals surface area contributed by atoms with Crippen molar-refractivity contribution < 1.29 is 33.9 Å². The van der Waals surface area contributed by atoms with Crippen molar-refractivity contribution in [2.75, 3.05) is 0 Å². The Hall–Kier alpha value is -3.56.